The van der Waals surface area contributed by atoms with Crippen LogP contribution in [0.1, 0.15) is 23.1 Å². The molecular formula is C17H20N2O. The fourth-order valence-corrected chi connectivity index (χ4v) is 2.00. The lowest BCUT2D eigenvalue weighted by molar-refractivity contribution is -0.116. The first-order chi connectivity index (χ1) is 9.54. The molecule has 20 heavy (non-hydrogen) atoms. The number of hydrogen-bond donors (Lipinski definition) is 2. The molecule has 1 amide bonds. The number of anilines is 2. The lowest BCUT2D eigenvalue weighted by atomic mass is 10.1. The van der Waals surface area contributed by atoms with Gasteiger partial charge in [0.1, 0.15) is 0 Å². The average Bonchev–Trinajstić information content (AvgIpc) is 2.42. The van der Waals surface area contributed by atoms with Crippen LogP contribution in [0.3, 0.4) is 0 Å². The van der Waals surface area contributed by atoms with E-state index in [-0.39, 0.29) is 5.91 Å². The molecule has 0 fully saturated rings. The fourth-order valence-electron chi connectivity index (χ4n) is 2.00. The van der Waals surface area contributed by atoms with Crippen molar-refractivity contribution >= 4 is 17.3 Å². The molecule has 0 aliphatic carbocycles. The van der Waals surface area contributed by atoms with E-state index in [4.69, 9.17) is 5.73 Å². The Labute approximate surface area is 119 Å². The van der Waals surface area contributed by atoms with Gasteiger partial charge in [0, 0.05) is 17.8 Å². The SMILES string of the molecule is Cc1ccc(CCC(=O)Nc2cc(N)ccc2C)cc1. The van der Waals surface area contributed by atoms with Gasteiger partial charge in [-0.15, -0.1) is 0 Å². The number of rotatable bonds is 4. The standard InChI is InChI=1S/C17H20N2O/c1-12-3-6-14(7-4-12)8-10-17(20)19-16-11-15(18)9-5-13(16)2/h3-7,9,11H,8,10,18H2,1-2H3,(H,19,20). The minimum Gasteiger partial charge on any atom is -0.399 e. The first kappa shape index (κ1) is 14.1. The van der Waals surface area contributed by atoms with Crippen molar-refractivity contribution in [3.8, 4) is 0 Å². The third kappa shape index (κ3) is 3.85. The molecule has 0 heterocycles. The highest BCUT2D eigenvalue weighted by Gasteiger charge is 2.05. The quantitative estimate of drug-likeness (QED) is 0.834. The average molecular weight is 268 g/mol. The molecular weight excluding hydrogens is 248 g/mol. The Morgan fingerprint density at radius 1 is 1.10 bits per heavy atom. The maximum Gasteiger partial charge on any atom is 0.224 e. The van der Waals surface area contributed by atoms with Crippen LogP contribution >= 0.6 is 0 Å². The van der Waals surface area contributed by atoms with Gasteiger partial charge in [-0.1, -0.05) is 35.9 Å². The zero-order valence-corrected chi connectivity index (χ0v) is 11.9. The van der Waals surface area contributed by atoms with E-state index in [1.807, 2.05) is 19.1 Å². The molecule has 2 aromatic rings. The second kappa shape index (κ2) is 6.24. The molecule has 3 heteroatoms. The van der Waals surface area contributed by atoms with Gasteiger partial charge in [0.25, 0.3) is 0 Å². The molecule has 3 N–H and O–H groups in total. The largest absolute Gasteiger partial charge is 0.399 e. The van der Waals surface area contributed by atoms with Gasteiger partial charge in [-0.2, -0.15) is 0 Å². The Bertz CT molecular complexity index is 603. The van der Waals surface area contributed by atoms with Crippen molar-refractivity contribution in [3.05, 3.63) is 59.2 Å². The number of amides is 1. The van der Waals surface area contributed by atoms with E-state index >= 15 is 0 Å². The molecule has 0 aromatic heterocycles. The minimum atomic E-state index is 0.0132. The number of carbonyl (C=O) groups excluding carboxylic acids is 1. The van der Waals surface area contributed by atoms with E-state index in [0.717, 1.165) is 17.7 Å². The van der Waals surface area contributed by atoms with E-state index in [9.17, 15) is 4.79 Å². The van der Waals surface area contributed by atoms with Gasteiger partial charge in [-0.3, -0.25) is 4.79 Å². The summed E-state index contributed by atoms with van der Waals surface area (Å²) < 4.78 is 0. The van der Waals surface area contributed by atoms with Crippen LogP contribution < -0.4 is 11.1 Å². The molecule has 0 spiro atoms. The van der Waals surface area contributed by atoms with Crippen molar-refractivity contribution in [2.24, 2.45) is 0 Å². The second-order valence-corrected chi connectivity index (χ2v) is 5.11. The first-order valence-corrected chi connectivity index (χ1v) is 6.76. The molecule has 0 bridgehead atoms. The van der Waals surface area contributed by atoms with Crippen molar-refractivity contribution < 1.29 is 4.79 Å². The summed E-state index contributed by atoms with van der Waals surface area (Å²) in [5, 5.41) is 2.91. The van der Waals surface area contributed by atoms with Gasteiger partial charge < -0.3 is 11.1 Å². The third-order valence-corrected chi connectivity index (χ3v) is 3.30. The number of nitrogens with one attached hydrogen (secondary N) is 1. The Hall–Kier alpha value is -2.29. The number of nitrogens with two attached hydrogens (primary N) is 1. The van der Waals surface area contributed by atoms with Crippen LogP contribution in [0.5, 0.6) is 0 Å². The van der Waals surface area contributed by atoms with Crippen molar-refractivity contribution in [2.45, 2.75) is 26.7 Å². The van der Waals surface area contributed by atoms with E-state index in [2.05, 4.69) is 36.5 Å². The predicted molar refractivity (Wildman–Crippen MR) is 83.7 cm³/mol. The Kier molecular flexibility index (Phi) is 4.41. The topological polar surface area (TPSA) is 55.1 Å². The highest BCUT2D eigenvalue weighted by Crippen LogP contribution is 2.18. The molecule has 0 radical (unpaired) electrons. The molecule has 0 aliphatic heterocycles. The molecule has 2 rings (SSSR count). The van der Waals surface area contributed by atoms with E-state index in [0.29, 0.717) is 12.1 Å². The smallest absolute Gasteiger partial charge is 0.224 e. The molecule has 0 saturated carbocycles. The van der Waals surface area contributed by atoms with E-state index < -0.39 is 0 Å². The van der Waals surface area contributed by atoms with E-state index in [1.54, 1.807) is 6.07 Å². The molecule has 0 aliphatic rings. The van der Waals surface area contributed by atoms with Crippen LogP contribution in [0.25, 0.3) is 0 Å². The fraction of sp³-hybridized carbons (Fsp3) is 0.235. The van der Waals surface area contributed by atoms with Crippen molar-refractivity contribution in [1.82, 2.24) is 0 Å². The normalized spacial score (nSPS) is 10.3. The van der Waals surface area contributed by atoms with Crippen molar-refractivity contribution in [3.63, 3.8) is 0 Å². The summed E-state index contributed by atoms with van der Waals surface area (Å²) in [5.41, 5.74) is 10.6. The molecule has 104 valence electrons. The zero-order valence-electron chi connectivity index (χ0n) is 11.9. The van der Waals surface area contributed by atoms with Crippen LogP contribution in [0.4, 0.5) is 11.4 Å². The van der Waals surface area contributed by atoms with Gasteiger partial charge >= 0.3 is 0 Å². The highest BCUT2D eigenvalue weighted by atomic mass is 16.1. The number of benzene rings is 2. The van der Waals surface area contributed by atoms with Gasteiger partial charge in [0.05, 0.1) is 0 Å². The van der Waals surface area contributed by atoms with E-state index in [1.165, 1.54) is 11.1 Å². The van der Waals surface area contributed by atoms with Gasteiger partial charge in [-0.25, -0.2) is 0 Å². The summed E-state index contributed by atoms with van der Waals surface area (Å²) in [6.45, 7) is 4.01. The number of aryl methyl sites for hydroxylation is 3. The summed E-state index contributed by atoms with van der Waals surface area (Å²) in [6, 6.07) is 13.8. The molecule has 2 aromatic carbocycles. The lowest BCUT2D eigenvalue weighted by Gasteiger charge is -2.09. The van der Waals surface area contributed by atoms with Crippen LogP contribution in [0, 0.1) is 13.8 Å². The number of hydrogen-bond acceptors (Lipinski definition) is 2. The van der Waals surface area contributed by atoms with Gasteiger partial charge in [0.15, 0.2) is 0 Å². The molecule has 0 atom stereocenters. The maximum atomic E-state index is 12.0. The zero-order chi connectivity index (χ0) is 14.5. The Morgan fingerprint density at radius 3 is 2.50 bits per heavy atom. The van der Waals surface area contributed by atoms with Gasteiger partial charge in [0.2, 0.25) is 5.91 Å². The van der Waals surface area contributed by atoms with Crippen LogP contribution in [0.2, 0.25) is 0 Å². The van der Waals surface area contributed by atoms with Crippen molar-refractivity contribution in [1.29, 1.82) is 0 Å². The van der Waals surface area contributed by atoms with Crippen LogP contribution in [-0.4, -0.2) is 5.91 Å². The highest BCUT2D eigenvalue weighted by molar-refractivity contribution is 5.92. The second-order valence-electron chi connectivity index (χ2n) is 5.11. The third-order valence-electron chi connectivity index (χ3n) is 3.30. The summed E-state index contributed by atoms with van der Waals surface area (Å²) in [4.78, 5) is 12.0. The molecule has 0 saturated heterocycles. The first-order valence-electron chi connectivity index (χ1n) is 6.76. The molecule has 0 unspecified atom stereocenters. The predicted octanol–water partition coefficient (Wildman–Crippen LogP) is 3.46. The maximum absolute atomic E-state index is 12.0. The summed E-state index contributed by atoms with van der Waals surface area (Å²) in [5.74, 6) is 0.0132. The summed E-state index contributed by atoms with van der Waals surface area (Å²) in [7, 11) is 0. The molecule has 3 nitrogen and oxygen atoms in total. The summed E-state index contributed by atoms with van der Waals surface area (Å²) >= 11 is 0. The minimum absolute atomic E-state index is 0.0132. The lowest BCUT2D eigenvalue weighted by Crippen LogP contribution is -2.13. The van der Waals surface area contributed by atoms with Gasteiger partial charge in [-0.05, 0) is 43.5 Å². The monoisotopic (exact) mass is 268 g/mol. The number of nitrogen functional groups attached to an aromatic ring is 1. The van der Waals surface area contributed by atoms with Crippen LogP contribution in [0.15, 0.2) is 42.5 Å². The van der Waals surface area contributed by atoms with Crippen LogP contribution in [-0.2, 0) is 11.2 Å². The van der Waals surface area contributed by atoms with Crippen molar-refractivity contribution in [2.75, 3.05) is 11.1 Å². The Balaban J connectivity index is 1.92. The Morgan fingerprint density at radius 2 is 1.80 bits per heavy atom. The summed E-state index contributed by atoms with van der Waals surface area (Å²) in [6.07, 6.45) is 1.21. The number of carbonyl (C=O) groups is 1.